The van der Waals surface area contributed by atoms with Crippen molar-refractivity contribution in [2.24, 2.45) is 0 Å². The third-order valence-corrected chi connectivity index (χ3v) is 2.40. The van der Waals surface area contributed by atoms with Gasteiger partial charge in [0.05, 0.1) is 12.3 Å². The molecule has 10 heteroatoms. The Morgan fingerprint density at radius 3 is 2.67 bits per heavy atom. The number of aromatic nitrogens is 3. The number of imide groups is 1. The summed E-state index contributed by atoms with van der Waals surface area (Å²) in [7, 11) is 1.38. The number of carbonyl (C=O) groups is 3. The summed E-state index contributed by atoms with van der Waals surface area (Å²) in [6.07, 6.45) is 0.741. The van der Waals surface area contributed by atoms with E-state index in [4.69, 9.17) is 9.84 Å². The van der Waals surface area contributed by atoms with Gasteiger partial charge in [0, 0.05) is 13.7 Å². The summed E-state index contributed by atoms with van der Waals surface area (Å²) in [5.41, 5.74) is -0.144. The first-order valence-electron chi connectivity index (χ1n) is 6.21. The number of nitrogens with one attached hydrogen (secondary N) is 2. The first kappa shape index (κ1) is 16.6. The zero-order valence-electron chi connectivity index (χ0n) is 11.8. The normalized spacial score (nSPS) is 10.2. The highest BCUT2D eigenvalue weighted by Gasteiger charge is 2.20. The number of methoxy groups -OCH3 is 1. The molecule has 0 saturated carbocycles. The van der Waals surface area contributed by atoms with Crippen molar-refractivity contribution in [2.45, 2.75) is 26.5 Å². The van der Waals surface area contributed by atoms with E-state index in [-0.39, 0.29) is 24.5 Å². The van der Waals surface area contributed by atoms with Gasteiger partial charge >= 0.3 is 12.0 Å². The van der Waals surface area contributed by atoms with Gasteiger partial charge < -0.3 is 15.2 Å². The smallest absolute Gasteiger partial charge is 0.358 e. The number of carboxylic acids is 1. The lowest BCUT2D eigenvalue weighted by Gasteiger charge is -2.07. The van der Waals surface area contributed by atoms with Gasteiger partial charge in [-0.25, -0.2) is 14.3 Å². The third-order valence-electron chi connectivity index (χ3n) is 2.40. The number of urea groups is 1. The minimum Gasteiger partial charge on any atom is -0.476 e. The molecule has 1 aromatic rings. The molecule has 1 heterocycles. The van der Waals surface area contributed by atoms with Crippen molar-refractivity contribution in [3.05, 3.63) is 11.4 Å². The fraction of sp³-hybridized carbons (Fsp3) is 0.545. The lowest BCUT2D eigenvalue weighted by Crippen LogP contribution is -2.41. The Morgan fingerprint density at radius 1 is 1.38 bits per heavy atom. The molecule has 0 aliphatic heterocycles. The van der Waals surface area contributed by atoms with Gasteiger partial charge in [0.2, 0.25) is 5.91 Å². The molecule has 0 aliphatic carbocycles. The summed E-state index contributed by atoms with van der Waals surface area (Å²) in [4.78, 5) is 33.9. The SMILES string of the molecule is CCCNC(=O)NC(=O)Cn1nnc(C(=O)O)c1COC. The molecule has 1 aromatic heterocycles. The van der Waals surface area contributed by atoms with Gasteiger partial charge in [-0.05, 0) is 6.42 Å². The minimum atomic E-state index is -1.27. The van der Waals surface area contributed by atoms with E-state index >= 15 is 0 Å². The largest absolute Gasteiger partial charge is 0.476 e. The molecule has 0 fully saturated rings. The number of hydrogen-bond acceptors (Lipinski definition) is 6. The summed E-state index contributed by atoms with van der Waals surface area (Å²) < 4.78 is 5.94. The second-order valence-corrected chi connectivity index (χ2v) is 4.08. The van der Waals surface area contributed by atoms with Crippen molar-refractivity contribution < 1.29 is 24.2 Å². The van der Waals surface area contributed by atoms with Crippen LogP contribution < -0.4 is 10.6 Å². The number of ether oxygens (including phenoxy) is 1. The van der Waals surface area contributed by atoms with Crippen molar-refractivity contribution >= 4 is 17.9 Å². The Balaban J connectivity index is 2.71. The molecule has 0 bridgehead atoms. The van der Waals surface area contributed by atoms with Crippen LogP contribution in [0.4, 0.5) is 4.79 Å². The molecule has 0 aromatic carbocycles. The summed E-state index contributed by atoms with van der Waals surface area (Å²) in [6.45, 7) is 1.92. The van der Waals surface area contributed by atoms with Crippen LogP contribution in [0.5, 0.6) is 0 Å². The summed E-state index contributed by atoms with van der Waals surface area (Å²) in [6, 6.07) is -0.617. The second kappa shape index (κ2) is 7.94. The number of amides is 3. The van der Waals surface area contributed by atoms with E-state index in [2.05, 4.69) is 20.9 Å². The number of rotatable bonds is 7. The van der Waals surface area contributed by atoms with E-state index in [0.29, 0.717) is 6.54 Å². The Labute approximate surface area is 120 Å². The predicted molar refractivity (Wildman–Crippen MR) is 69.5 cm³/mol. The highest BCUT2D eigenvalue weighted by Crippen LogP contribution is 2.07. The van der Waals surface area contributed by atoms with Gasteiger partial charge in [0.1, 0.15) is 6.54 Å². The maximum atomic E-state index is 11.7. The molecule has 0 spiro atoms. The molecule has 0 radical (unpaired) electrons. The van der Waals surface area contributed by atoms with E-state index < -0.39 is 17.9 Å². The molecule has 0 unspecified atom stereocenters. The van der Waals surface area contributed by atoms with Gasteiger partial charge in [-0.15, -0.1) is 5.10 Å². The molecular weight excluding hydrogens is 282 g/mol. The number of nitrogens with zero attached hydrogens (tertiary/aromatic N) is 3. The third kappa shape index (κ3) is 4.84. The average molecular weight is 299 g/mol. The molecule has 21 heavy (non-hydrogen) atoms. The van der Waals surface area contributed by atoms with Crippen LogP contribution in [0.1, 0.15) is 29.5 Å². The predicted octanol–water partition coefficient (Wildman–Crippen LogP) is -0.641. The highest BCUT2D eigenvalue weighted by molar-refractivity contribution is 5.94. The Hall–Kier alpha value is -2.49. The molecule has 3 N–H and O–H groups in total. The summed E-state index contributed by atoms with van der Waals surface area (Å²) in [5.74, 6) is -1.91. The van der Waals surface area contributed by atoms with E-state index in [1.54, 1.807) is 0 Å². The zero-order valence-corrected chi connectivity index (χ0v) is 11.8. The van der Waals surface area contributed by atoms with Gasteiger partial charge in [-0.1, -0.05) is 12.1 Å². The van der Waals surface area contributed by atoms with Gasteiger partial charge in [-0.2, -0.15) is 0 Å². The van der Waals surface area contributed by atoms with Crippen LogP contribution in [0.25, 0.3) is 0 Å². The lowest BCUT2D eigenvalue weighted by molar-refractivity contribution is -0.120. The standard InChI is InChI=1S/C11H17N5O5/c1-3-4-12-11(20)13-8(17)5-16-7(6-21-2)9(10(18)19)14-15-16/h3-6H2,1-2H3,(H,18,19)(H2,12,13,17,20). The Morgan fingerprint density at radius 2 is 2.10 bits per heavy atom. The maximum absolute atomic E-state index is 11.7. The topological polar surface area (TPSA) is 135 Å². The molecule has 3 amide bonds. The monoisotopic (exact) mass is 299 g/mol. The molecule has 0 atom stereocenters. The Bertz CT molecular complexity index is 527. The second-order valence-electron chi connectivity index (χ2n) is 4.08. The van der Waals surface area contributed by atoms with Crippen LogP contribution >= 0.6 is 0 Å². The summed E-state index contributed by atoms with van der Waals surface area (Å²) in [5, 5.41) is 20.6. The van der Waals surface area contributed by atoms with Crippen LogP contribution in [-0.4, -0.2) is 51.7 Å². The molecule has 1 rings (SSSR count). The van der Waals surface area contributed by atoms with Crippen LogP contribution in [0.3, 0.4) is 0 Å². The van der Waals surface area contributed by atoms with Crippen LogP contribution in [0, 0.1) is 0 Å². The number of carboxylic acid groups (broad SMARTS) is 1. The van der Waals surface area contributed by atoms with Gasteiger partial charge in [0.15, 0.2) is 5.69 Å². The fourth-order valence-electron chi connectivity index (χ4n) is 1.49. The number of carbonyl (C=O) groups excluding carboxylic acids is 2. The summed E-state index contributed by atoms with van der Waals surface area (Å²) >= 11 is 0. The number of aromatic carboxylic acids is 1. The first-order chi connectivity index (χ1) is 9.99. The van der Waals surface area contributed by atoms with Crippen molar-refractivity contribution in [1.82, 2.24) is 25.6 Å². The van der Waals surface area contributed by atoms with E-state index in [1.165, 1.54) is 7.11 Å². The quantitative estimate of drug-likeness (QED) is 0.609. The molecule has 0 saturated heterocycles. The van der Waals surface area contributed by atoms with Crippen LogP contribution in [-0.2, 0) is 22.7 Å². The maximum Gasteiger partial charge on any atom is 0.358 e. The van der Waals surface area contributed by atoms with Gasteiger partial charge in [0.25, 0.3) is 0 Å². The lowest BCUT2D eigenvalue weighted by atomic mass is 10.3. The van der Waals surface area contributed by atoms with E-state index in [0.717, 1.165) is 11.1 Å². The van der Waals surface area contributed by atoms with Crippen molar-refractivity contribution in [3.63, 3.8) is 0 Å². The zero-order chi connectivity index (χ0) is 15.8. The van der Waals surface area contributed by atoms with Crippen molar-refractivity contribution in [1.29, 1.82) is 0 Å². The average Bonchev–Trinajstić information content (AvgIpc) is 2.80. The minimum absolute atomic E-state index is 0.0655. The fourth-order valence-corrected chi connectivity index (χ4v) is 1.49. The van der Waals surface area contributed by atoms with Crippen molar-refractivity contribution in [3.8, 4) is 0 Å². The van der Waals surface area contributed by atoms with Crippen LogP contribution in [0.15, 0.2) is 0 Å². The molecule has 0 aliphatic rings. The number of hydrogen-bond donors (Lipinski definition) is 3. The Kier molecular flexibility index (Phi) is 6.27. The molecule has 10 nitrogen and oxygen atoms in total. The molecular formula is C11H17N5O5. The first-order valence-corrected chi connectivity index (χ1v) is 6.21. The van der Waals surface area contributed by atoms with E-state index in [1.807, 2.05) is 6.92 Å². The molecule has 116 valence electrons. The van der Waals surface area contributed by atoms with Gasteiger partial charge in [-0.3, -0.25) is 10.1 Å². The highest BCUT2D eigenvalue weighted by atomic mass is 16.5. The van der Waals surface area contributed by atoms with Crippen molar-refractivity contribution in [2.75, 3.05) is 13.7 Å². The van der Waals surface area contributed by atoms with Crippen LogP contribution in [0.2, 0.25) is 0 Å². The van der Waals surface area contributed by atoms with E-state index in [9.17, 15) is 14.4 Å².